The molecule has 0 radical (unpaired) electrons. The summed E-state index contributed by atoms with van der Waals surface area (Å²) in [6.07, 6.45) is 2.04. The topological polar surface area (TPSA) is 58.4 Å². The molecular formula is C17H19F2N3O2. The molecule has 5 nitrogen and oxygen atoms in total. The van der Waals surface area contributed by atoms with Gasteiger partial charge in [0, 0.05) is 30.1 Å². The number of aromatic nitrogens is 1. The lowest BCUT2D eigenvalue weighted by molar-refractivity contribution is 0.0932. The third-order valence-corrected chi connectivity index (χ3v) is 4.10. The van der Waals surface area contributed by atoms with Gasteiger partial charge in [0.1, 0.15) is 11.5 Å². The maximum atomic E-state index is 13.3. The van der Waals surface area contributed by atoms with Gasteiger partial charge in [0.15, 0.2) is 11.6 Å². The molecule has 128 valence electrons. The quantitative estimate of drug-likeness (QED) is 0.931. The minimum atomic E-state index is -1.03. The van der Waals surface area contributed by atoms with Crippen molar-refractivity contribution in [2.24, 2.45) is 0 Å². The normalized spacial score (nSPS) is 17.0. The zero-order valence-electron chi connectivity index (χ0n) is 13.6. The van der Waals surface area contributed by atoms with Crippen LogP contribution < -0.4 is 5.32 Å². The summed E-state index contributed by atoms with van der Waals surface area (Å²) < 4.78 is 31.6. The van der Waals surface area contributed by atoms with Crippen LogP contribution in [0.1, 0.15) is 33.8 Å². The van der Waals surface area contributed by atoms with Gasteiger partial charge in [-0.3, -0.25) is 4.79 Å². The second kappa shape index (κ2) is 6.68. The molecular weight excluding hydrogens is 316 g/mol. The van der Waals surface area contributed by atoms with E-state index in [0.717, 1.165) is 35.6 Å². The van der Waals surface area contributed by atoms with Crippen molar-refractivity contribution in [2.45, 2.75) is 31.8 Å². The van der Waals surface area contributed by atoms with Crippen molar-refractivity contribution in [1.29, 1.82) is 0 Å². The van der Waals surface area contributed by atoms with Gasteiger partial charge in [0.25, 0.3) is 5.91 Å². The fraction of sp³-hybridized carbons (Fsp3) is 0.412. The molecule has 24 heavy (non-hydrogen) atoms. The van der Waals surface area contributed by atoms with Gasteiger partial charge in [-0.05, 0) is 45.1 Å². The minimum absolute atomic E-state index is 0.0848. The van der Waals surface area contributed by atoms with Crippen LogP contribution in [-0.4, -0.2) is 36.1 Å². The number of aryl methyl sites for hydroxylation is 1. The highest BCUT2D eigenvalue weighted by Gasteiger charge is 2.27. The maximum Gasteiger partial charge on any atom is 0.251 e. The first kappa shape index (κ1) is 16.6. The number of nitrogens with one attached hydrogen (secondary N) is 1. The van der Waals surface area contributed by atoms with Crippen LogP contribution in [0.25, 0.3) is 0 Å². The number of hydrogen-bond donors (Lipinski definition) is 1. The Morgan fingerprint density at radius 1 is 1.38 bits per heavy atom. The summed E-state index contributed by atoms with van der Waals surface area (Å²) >= 11 is 0. The Morgan fingerprint density at radius 2 is 2.17 bits per heavy atom. The molecule has 1 heterocycles. The van der Waals surface area contributed by atoms with Gasteiger partial charge in [-0.2, -0.15) is 0 Å². The Labute approximate surface area is 138 Å². The molecule has 1 aliphatic rings. The van der Waals surface area contributed by atoms with Gasteiger partial charge < -0.3 is 14.7 Å². The molecule has 3 rings (SSSR count). The van der Waals surface area contributed by atoms with Crippen molar-refractivity contribution in [1.82, 2.24) is 15.4 Å². The molecule has 1 aliphatic carbocycles. The predicted molar refractivity (Wildman–Crippen MR) is 83.5 cm³/mol. The molecule has 0 spiro atoms. The summed E-state index contributed by atoms with van der Waals surface area (Å²) in [5, 5.41) is 6.99. The van der Waals surface area contributed by atoms with Crippen LogP contribution in [0, 0.1) is 11.6 Å². The Bertz CT molecular complexity index is 758. The molecule has 1 amide bonds. The van der Waals surface area contributed by atoms with Gasteiger partial charge in [0.05, 0.1) is 0 Å². The van der Waals surface area contributed by atoms with E-state index in [2.05, 4.69) is 10.5 Å². The fourth-order valence-electron chi connectivity index (χ4n) is 2.92. The van der Waals surface area contributed by atoms with Crippen LogP contribution in [0.4, 0.5) is 8.78 Å². The molecule has 1 aromatic carbocycles. The van der Waals surface area contributed by atoms with Gasteiger partial charge in [0.2, 0.25) is 0 Å². The van der Waals surface area contributed by atoms with Crippen LogP contribution in [0.5, 0.6) is 0 Å². The molecule has 0 bridgehead atoms. The Hall–Kier alpha value is -2.28. The molecule has 2 aromatic rings. The van der Waals surface area contributed by atoms with Gasteiger partial charge in [-0.25, -0.2) is 8.78 Å². The lowest BCUT2D eigenvalue weighted by Crippen LogP contribution is -2.39. The number of fused-ring (bicyclic) bond motifs is 1. The van der Waals surface area contributed by atoms with Gasteiger partial charge in [-0.1, -0.05) is 5.16 Å². The molecule has 1 N–H and O–H groups in total. The van der Waals surface area contributed by atoms with E-state index >= 15 is 0 Å². The standard InChI is InChI=1S/C17H19F2N3O2/c1-22(2)9-15-12-8-11(4-6-16(12)24-21-15)20-17(23)10-3-5-13(18)14(19)7-10/h3,5,7,11H,4,6,8-9H2,1-2H3,(H,20,23). The highest BCUT2D eigenvalue weighted by Crippen LogP contribution is 2.25. The summed E-state index contributed by atoms with van der Waals surface area (Å²) in [5.74, 6) is -1.54. The molecule has 1 atom stereocenters. The third-order valence-electron chi connectivity index (χ3n) is 4.10. The van der Waals surface area contributed by atoms with E-state index in [4.69, 9.17) is 4.52 Å². The van der Waals surface area contributed by atoms with Crippen LogP contribution in [0.2, 0.25) is 0 Å². The van der Waals surface area contributed by atoms with Crippen molar-refractivity contribution in [3.05, 3.63) is 52.4 Å². The number of amides is 1. The van der Waals surface area contributed by atoms with Crippen LogP contribution in [-0.2, 0) is 19.4 Å². The van der Waals surface area contributed by atoms with E-state index in [0.29, 0.717) is 19.4 Å². The van der Waals surface area contributed by atoms with Crippen molar-refractivity contribution in [3.63, 3.8) is 0 Å². The molecule has 0 fully saturated rings. The Balaban J connectivity index is 1.70. The molecule has 1 unspecified atom stereocenters. The summed E-state index contributed by atoms with van der Waals surface area (Å²) in [6.45, 7) is 0.669. The van der Waals surface area contributed by atoms with Crippen LogP contribution in [0.15, 0.2) is 22.7 Å². The van der Waals surface area contributed by atoms with Crippen molar-refractivity contribution >= 4 is 5.91 Å². The number of hydrogen-bond acceptors (Lipinski definition) is 4. The first-order valence-corrected chi connectivity index (χ1v) is 7.81. The highest BCUT2D eigenvalue weighted by atomic mass is 19.2. The first-order chi connectivity index (χ1) is 11.4. The zero-order valence-corrected chi connectivity index (χ0v) is 13.6. The van der Waals surface area contributed by atoms with Crippen LogP contribution in [0.3, 0.4) is 0 Å². The maximum absolute atomic E-state index is 13.3. The van der Waals surface area contributed by atoms with Crippen molar-refractivity contribution < 1.29 is 18.1 Å². The van der Waals surface area contributed by atoms with E-state index in [9.17, 15) is 13.6 Å². The number of rotatable bonds is 4. The SMILES string of the molecule is CN(C)Cc1noc2c1CC(NC(=O)c1ccc(F)c(F)c1)CC2. The summed E-state index contributed by atoms with van der Waals surface area (Å²) in [7, 11) is 3.90. The monoisotopic (exact) mass is 335 g/mol. The average Bonchev–Trinajstić information content (AvgIpc) is 2.92. The second-order valence-corrected chi connectivity index (χ2v) is 6.31. The number of benzene rings is 1. The molecule has 0 aliphatic heterocycles. The lowest BCUT2D eigenvalue weighted by atomic mass is 9.91. The average molecular weight is 335 g/mol. The minimum Gasteiger partial charge on any atom is -0.361 e. The Kier molecular flexibility index (Phi) is 4.62. The second-order valence-electron chi connectivity index (χ2n) is 6.31. The summed E-state index contributed by atoms with van der Waals surface area (Å²) in [6, 6.07) is 3.06. The fourth-order valence-corrected chi connectivity index (χ4v) is 2.92. The van der Waals surface area contributed by atoms with Gasteiger partial charge >= 0.3 is 0 Å². The van der Waals surface area contributed by atoms with E-state index in [1.165, 1.54) is 6.07 Å². The number of carbonyl (C=O) groups is 1. The Morgan fingerprint density at radius 3 is 2.88 bits per heavy atom. The largest absolute Gasteiger partial charge is 0.361 e. The van der Waals surface area contributed by atoms with Crippen molar-refractivity contribution in [2.75, 3.05) is 14.1 Å². The highest BCUT2D eigenvalue weighted by molar-refractivity contribution is 5.94. The molecule has 7 heteroatoms. The van der Waals surface area contributed by atoms with Gasteiger partial charge in [-0.15, -0.1) is 0 Å². The van der Waals surface area contributed by atoms with Crippen LogP contribution >= 0.6 is 0 Å². The van der Waals surface area contributed by atoms with E-state index < -0.39 is 17.5 Å². The molecule has 1 aromatic heterocycles. The molecule has 0 saturated heterocycles. The third kappa shape index (κ3) is 3.46. The lowest BCUT2D eigenvalue weighted by Gasteiger charge is -2.23. The number of carbonyl (C=O) groups excluding carboxylic acids is 1. The van der Waals surface area contributed by atoms with Crippen molar-refractivity contribution in [3.8, 4) is 0 Å². The predicted octanol–water partition coefficient (Wildman–Crippen LogP) is 2.30. The van der Waals surface area contributed by atoms with E-state index in [1.807, 2.05) is 19.0 Å². The first-order valence-electron chi connectivity index (χ1n) is 7.81. The number of nitrogens with zero attached hydrogens (tertiary/aromatic N) is 2. The summed E-state index contributed by atoms with van der Waals surface area (Å²) in [5.41, 5.74) is 2.02. The molecule has 0 saturated carbocycles. The van der Waals surface area contributed by atoms with E-state index in [1.54, 1.807) is 0 Å². The van der Waals surface area contributed by atoms with E-state index in [-0.39, 0.29) is 11.6 Å². The zero-order chi connectivity index (χ0) is 17.3. The number of halogens is 2. The summed E-state index contributed by atoms with van der Waals surface area (Å²) in [4.78, 5) is 14.2. The smallest absolute Gasteiger partial charge is 0.251 e.